The molecule has 7 nitrogen and oxygen atoms in total. The summed E-state index contributed by atoms with van der Waals surface area (Å²) < 4.78 is 10.1. The highest BCUT2D eigenvalue weighted by Crippen LogP contribution is 2.21. The molecule has 0 saturated heterocycles. The minimum absolute atomic E-state index is 0.0299. The summed E-state index contributed by atoms with van der Waals surface area (Å²) in [5.74, 6) is -1.70. The molecule has 0 spiro atoms. The Morgan fingerprint density at radius 1 is 1.04 bits per heavy atom. The zero-order chi connectivity index (χ0) is 18.2. The number of hydrogen-bond acceptors (Lipinski definition) is 6. The van der Waals surface area contributed by atoms with Crippen LogP contribution in [0.4, 0.5) is 0 Å². The first-order valence-corrected chi connectivity index (χ1v) is 8.25. The zero-order valence-electron chi connectivity index (χ0n) is 14.2. The van der Waals surface area contributed by atoms with Crippen LogP contribution < -0.4 is 0 Å². The minimum Gasteiger partial charge on any atom is -0.465 e. The van der Waals surface area contributed by atoms with Crippen molar-refractivity contribution < 1.29 is 28.7 Å². The highest BCUT2D eigenvalue weighted by molar-refractivity contribution is 6.21. The number of esters is 1. The fraction of sp³-hybridized carbons (Fsp3) is 0.444. The summed E-state index contributed by atoms with van der Waals surface area (Å²) in [5, 5.41) is 0. The van der Waals surface area contributed by atoms with Gasteiger partial charge in [-0.15, -0.1) is 0 Å². The molecule has 1 aliphatic heterocycles. The quantitative estimate of drug-likeness (QED) is 0.276. The van der Waals surface area contributed by atoms with E-state index in [1.54, 1.807) is 24.3 Å². The van der Waals surface area contributed by atoms with Crippen molar-refractivity contribution in [2.75, 3.05) is 26.4 Å². The van der Waals surface area contributed by atoms with Crippen LogP contribution in [0.1, 0.15) is 46.9 Å². The van der Waals surface area contributed by atoms with Gasteiger partial charge >= 0.3 is 5.97 Å². The van der Waals surface area contributed by atoms with Crippen molar-refractivity contribution in [1.29, 1.82) is 0 Å². The van der Waals surface area contributed by atoms with E-state index in [1.807, 2.05) is 6.92 Å². The summed E-state index contributed by atoms with van der Waals surface area (Å²) in [4.78, 5) is 48.3. The number of Topliss-reactive ketones (excluding diaryl/α,β-unsaturated/α-hetero) is 1. The lowest BCUT2D eigenvalue weighted by Crippen LogP contribution is -2.33. The average Bonchev–Trinajstić information content (AvgIpc) is 2.84. The molecule has 2 amide bonds. The van der Waals surface area contributed by atoms with E-state index in [2.05, 4.69) is 0 Å². The van der Waals surface area contributed by atoms with Gasteiger partial charge in [0.15, 0.2) is 5.78 Å². The summed E-state index contributed by atoms with van der Waals surface area (Å²) in [6.45, 7) is 2.11. The number of hydrogen-bond donors (Lipinski definition) is 0. The molecule has 0 aliphatic carbocycles. The summed E-state index contributed by atoms with van der Waals surface area (Å²) >= 11 is 0. The Morgan fingerprint density at radius 3 is 2.28 bits per heavy atom. The molecule has 1 aromatic rings. The Balaban J connectivity index is 1.68. The second kappa shape index (κ2) is 9.08. The molecule has 2 rings (SSSR count). The van der Waals surface area contributed by atoms with Crippen LogP contribution in [0, 0.1) is 0 Å². The fourth-order valence-corrected chi connectivity index (χ4v) is 2.38. The fourth-order valence-electron chi connectivity index (χ4n) is 2.38. The third kappa shape index (κ3) is 4.96. The zero-order valence-corrected chi connectivity index (χ0v) is 14.2. The number of ether oxygens (including phenoxy) is 2. The molecule has 0 N–H and O–H groups in total. The average molecular weight is 347 g/mol. The van der Waals surface area contributed by atoms with Gasteiger partial charge in [-0.1, -0.05) is 25.5 Å². The van der Waals surface area contributed by atoms with Crippen molar-refractivity contribution in [2.24, 2.45) is 0 Å². The predicted octanol–water partition coefficient (Wildman–Crippen LogP) is 1.60. The highest BCUT2D eigenvalue weighted by atomic mass is 16.5. The summed E-state index contributed by atoms with van der Waals surface area (Å²) in [7, 11) is 0. The lowest BCUT2D eigenvalue weighted by Gasteiger charge is -2.13. The van der Waals surface area contributed by atoms with Gasteiger partial charge in [-0.25, -0.2) is 0 Å². The molecular formula is C18H21NO6. The van der Waals surface area contributed by atoms with Crippen LogP contribution in [-0.4, -0.2) is 54.8 Å². The molecule has 7 heteroatoms. The first kappa shape index (κ1) is 18.8. The van der Waals surface area contributed by atoms with Crippen LogP contribution >= 0.6 is 0 Å². The molecule has 1 aliphatic rings. The summed E-state index contributed by atoms with van der Waals surface area (Å²) in [6, 6.07) is 6.60. The number of carbonyl (C=O) groups excluding carboxylic acids is 4. The van der Waals surface area contributed by atoms with E-state index >= 15 is 0 Å². The Hall–Kier alpha value is -2.54. The largest absolute Gasteiger partial charge is 0.465 e. The molecule has 1 aromatic carbocycles. The van der Waals surface area contributed by atoms with E-state index in [1.165, 1.54) is 0 Å². The van der Waals surface area contributed by atoms with E-state index in [0.29, 0.717) is 17.7 Å². The molecule has 0 bridgehead atoms. The number of fused-ring (bicyclic) bond motifs is 1. The van der Waals surface area contributed by atoms with Gasteiger partial charge in [0.1, 0.15) is 13.0 Å². The monoisotopic (exact) mass is 347 g/mol. The van der Waals surface area contributed by atoms with Gasteiger partial charge in [-0.2, -0.15) is 0 Å². The third-order valence-corrected chi connectivity index (χ3v) is 3.70. The van der Waals surface area contributed by atoms with Gasteiger partial charge in [0.05, 0.1) is 30.9 Å². The van der Waals surface area contributed by atoms with Crippen molar-refractivity contribution in [3.05, 3.63) is 35.4 Å². The highest BCUT2D eigenvalue weighted by Gasteiger charge is 2.34. The predicted molar refractivity (Wildman–Crippen MR) is 88.1 cm³/mol. The smallest absolute Gasteiger partial charge is 0.313 e. The van der Waals surface area contributed by atoms with Crippen LogP contribution in [-0.2, 0) is 19.1 Å². The van der Waals surface area contributed by atoms with E-state index in [4.69, 9.17) is 9.47 Å². The first-order chi connectivity index (χ1) is 12.0. The second-order valence-electron chi connectivity index (χ2n) is 5.65. The lowest BCUT2D eigenvalue weighted by molar-refractivity contribution is -0.147. The second-order valence-corrected chi connectivity index (χ2v) is 5.65. The Morgan fingerprint density at radius 2 is 1.68 bits per heavy atom. The van der Waals surface area contributed by atoms with Crippen LogP contribution in [0.25, 0.3) is 0 Å². The maximum atomic E-state index is 12.1. The normalized spacial score (nSPS) is 13.1. The standard InChI is InChI=1S/C18H21NO6/c1-2-3-9-25-16(21)11-13(20)12-24-10-8-19-17(22)14-6-4-5-7-15(14)18(19)23/h4-7H,2-3,8-12H2,1H3. The molecule has 25 heavy (non-hydrogen) atoms. The molecule has 0 radical (unpaired) electrons. The number of benzene rings is 1. The SMILES string of the molecule is CCCCOC(=O)CC(=O)COCCN1C(=O)c2ccccc2C1=O. The first-order valence-electron chi connectivity index (χ1n) is 8.25. The maximum absolute atomic E-state index is 12.1. The van der Waals surface area contributed by atoms with Gasteiger partial charge in [-0.3, -0.25) is 24.1 Å². The molecule has 0 atom stereocenters. The summed E-state index contributed by atoms with van der Waals surface area (Å²) in [5.41, 5.74) is 0.747. The van der Waals surface area contributed by atoms with E-state index < -0.39 is 11.8 Å². The Kier molecular flexibility index (Phi) is 6.82. The third-order valence-electron chi connectivity index (χ3n) is 3.70. The van der Waals surface area contributed by atoms with Gasteiger partial charge < -0.3 is 9.47 Å². The van der Waals surface area contributed by atoms with E-state index in [0.717, 1.165) is 17.7 Å². The molecule has 1 heterocycles. The van der Waals surface area contributed by atoms with Crippen molar-refractivity contribution in [1.82, 2.24) is 4.90 Å². The maximum Gasteiger partial charge on any atom is 0.313 e. The van der Waals surface area contributed by atoms with Crippen LogP contribution in [0.15, 0.2) is 24.3 Å². The number of ketones is 1. The van der Waals surface area contributed by atoms with Crippen LogP contribution in [0.5, 0.6) is 0 Å². The van der Waals surface area contributed by atoms with E-state index in [-0.39, 0.29) is 38.0 Å². The number of unbranched alkanes of at least 4 members (excludes halogenated alkanes) is 1. The topological polar surface area (TPSA) is 90.0 Å². The molecule has 0 aromatic heterocycles. The minimum atomic E-state index is -0.567. The Labute approximate surface area is 145 Å². The number of amides is 2. The number of imide groups is 1. The molecule has 0 unspecified atom stereocenters. The van der Waals surface area contributed by atoms with E-state index in [9.17, 15) is 19.2 Å². The molecular weight excluding hydrogens is 326 g/mol. The van der Waals surface area contributed by atoms with Crippen molar-refractivity contribution in [3.8, 4) is 0 Å². The van der Waals surface area contributed by atoms with Crippen LogP contribution in [0.2, 0.25) is 0 Å². The lowest BCUT2D eigenvalue weighted by atomic mass is 10.1. The van der Waals surface area contributed by atoms with Gasteiger partial charge in [-0.05, 0) is 18.6 Å². The number of carbonyl (C=O) groups is 4. The molecule has 0 fully saturated rings. The molecule has 0 saturated carbocycles. The summed E-state index contributed by atoms with van der Waals surface area (Å²) in [6.07, 6.45) is 1.33. The van der Waals surface area contributed by atoms with Gasteiger partial charge in [0, 0.05) is 0 Å². The van der Waals surface area contributed by atoms with Crippen molar-refractivity contribution in [2.45, 2.75) is 26.2 Å². The molecule has 134 valence electrons. The number of rotatable bonds is 10. The number of nitrogens with zero attached hydrogens (tertiary/aromatic N) is 1. The van der Waals surface area contributed by atoms with Crippen molar-refractivity contribution in [3.63, 3.8) is 0 Å². The van der Waals surface area contributed by atoms with Crippen molar-refractivity contribution >= 4 is 23.6 Å². The van der Waals surface area contributed by atoms with Crippen LogP contribution in [0.3, 0.4) is 0 Å². The van der Waals surface area contributed by atoms with Gasteiger partial charge in [0.25, 0.3) is 11.8 Å². The Bertz CT molecular complexity index is 634. The van der Waals surface area contributed by atoms with Gasteiger partial charge in [0.2, 0.25) is 0 Å².